The van der Waals surface area contributed by atoms with Gasteiger partial charge in [0.05, 0.1) is 12.1 Å². The molecule has 2 rings (SSSR count). The van der Waals surface area contributed by atoms with Crippen LogP contribution in [-0.2, 0) is 17.8 Å². The number of fused-ring (bicyclic) bond motifs is 1. The molecule has 1 heterocycles. The minimum Gasteiger partial charge on any atom is -0.391 e. The standard InChI is InChI=1S/C14H20N2O2/c1-2-12(17)9-16-14(18)13-7-10-5-3-4-6-11(10)8-15-13/h3-6,12-13,15,17H,2,7-9H2,1H3,(H,16,18)/t12?,13-/m0/s1. The molecule has 1 aliphatic rings. The molecule has 4 nitrogen and oxygen atoms in total. The number of amides is 1. The summed E-state index contributed by atoms with van der Waals surface area (Å²) in [6.07, 6.45) is 0.913. The van der Waals surface area contributed by atoms with E-state index in [1.807, 2.05) is 19.1 Å². The first kappa shape index (κ1) is 13.1. The average molecular weight is 248 g/mol. The summed E-state index contributed by atoms with van der Waals surface area (Å²) >= 11 is 0. The molecule has 3 N–H and O–H groups in total. The van der Waals surface area contributed by atoms with Crippen LogP contribution in [0.5, 0.6) is 0 Å². The lowest BCUT2D eigenvalue weighted by atomic mass is 9.95. The molecule has 1 amide bonds. The lowest BCUT2D eigenvalue weighted by Gasteiger charge is -2.25. The van der Waals surface area contributed by atoms with E-state index in [0.29, 0.717) is 19.4 Å². The van der Waals surface area contributed by atoms with Gasteiger partial charge in [-0.2, -0.15) is 0 Å². The number of nitrogens with one attached hydrogen (secondary N) is 2. The van der Waals surface area contributed by atoms with Crippen molar-refractivity contribution in [2.24, 2.45) is 0 Å². The van der Waals surface area contributed by atoms with Crippen LogP contribution < -0.4 is 10.6 Å². The Morgan fingerprint density at radius 1 is 1.50 bits per heavy atom. The van der Waals surface area contributed by atoms with Gasteiger partial charge in [0.25, 0.3) is 0 Å². The van der Waals surface area contributed by atoms with Crippen LogP contribution in [0.4, 0.5) is 0 Å². The first-order valence-corrected chi connectivity index (χ1v) is 6.46. The monoisotopic (exact) mass is 248 g/mol. The molecule has 0 aliphatic carbocycles. The van der Waals surface area contributed by atoms with Crippen LogP contribution >= 0.6 is 0 Å². The van der Waals surface area contributed by atoms with Gasteiger partial charge in [0.2, 0.25) is 5.91 Å². The van der Waals surface area contributed by atoms with E-state index in [0.717, 1.165) is 6.54 Å². The average Bonchev–Trinajstić information content (AvgIpc) is 2.43. The minimum absolute atomic E-state index is 0.0306. The molecule has 18 heavy (non-hydrogen) atoms. The van der Waals surface area contributed by atoms with E-state index in [9.17, 15) is 9.90 Å². The molecule has 1 aliphatic heterocycles. The molecule has 4 heteroatoms. The van der Waals surface area contributed by atoms with E-state index in [1.165, 1.54) is 11.1 Å². The highest BCUT2D eigenvalue weighted by Crippen LogP contribution is 2.16. The highest BCUT2D eigenvalue weighted by Gasteiger charge is 2.23. The smallest absolute Gasteiger partial charge is 0.237 e. The Hall–Kier alpha value is -1.39. The molecular formula is C14H20N2O2. The number of hydrogen-bond donors (Lipinski definition) is 3. The topological polar surface area (TPSA) is 61.4 Å². The molecule has 0 saturated carbocycles. The zero-order chi connectivity index (χ0) is 13.0. The van der Waals surface area contributed by atoms with Gasteiger partial charge in [-0.1, -0.05) is 31.2 Å². The molecular weight excluding hydrogens is 228 g/mol. The van der Waals surface area contributed by atoms with Crippen molar-refractivity contribution in [1.29, 1.82) is 0 Å². The second-order valence-electron chi connectivity index (χ2n) is 4.71. The third kappa shape index (κ3) is 3.09. The maximum absolute atomic E-state index is 11.9. The summed E-state index contributed by atoms with van der Waals surface area (Å²) in [5, 5.41) is 15.4. The fourth-order valence-electron chi connectivity index (χ4n) is 2.13. The molecule has 1 unspecified atom stereocenters. The molecule has 0 bridgehead atoms. The van der Waals surface area contributed by atoms with Crippen LogP contribution in [0.25, 0.3) is 0 Å². The van der Waals surface area contributed by atoms with Gasteiger partial charge in [0, 0.05) is 13.1 Å². The van der Waals surface area contributed by atoms with Crippen LogP contribution in [-0.4, -0.2) is 29.7 Å². The molecule has 0 spiro atoms. The second kappa shape index (κ2) is 5.98. The Bertz CT molecular complexity index is 420. The molecule has 1 aromatic rings. The van der Waals surface area contributed by atoms with Crippen molar-refractivity contribution in [2.75, 3.05) is 6.54 Å². The first-order valence-electron chi connectivity index (χ1n) is 6.46. The Labute approximate surface area is 107 Å². The van der Waals surface area contributed by atoms with Crippen molar-refractivity contribution in [3.05, 3.63) is 35.4 Å². The van der Waals surface area contributed by atoms with Gasteiger partial charge < -0.3 is 15.7 Å². The molecule has 2 atom stereocenters. The largest absolute Gasteiger partial charge is 0.391 e. The van der Waals surface area contributed by atoms with Gasteiger partial charge in [-0.15, -0.1) is 0 Å². The molecule has 1 aromatic carbocycles. The number of carbonyl (C=O) groups excluding carboxylic acids is 1. The van der Waals surface area contributed by atoms with Crippen molar-refractivity contribution >= 4 is 5.91 Å². The highest BCUT2D eigenvalue weighted by atomic mass is 16.3. The van der Waals surface area contributed by atoms with E-state index < -0.39 is 6.10 Å². The predicted molar refractivity (Wildman–Crippen MR) is 70.1 cm³/mol. The summed E-state index contributed by atoms with van der Waals surface area (Å²) in [6.45, 7) is 2.95. The zero-order valence-corrected chi connectivity index (χ0v) is 10.6. The van der Waals surface area contributed by atoms with Gasteiger partial charge in [-0.25, -0.2) is 0 Å². The van der Waals surface area contributed by atoms with Crippen molar-refractivity contribution in [2.45, 2.75) is 38.5 Å². The first-order chi connectivity index (χ1) is 8.70. The zero-order valence-electron chi connectivity index (χ0n) is 10.6. The lowest BCUT2D eigenvalue weighted by molar-refractivity contribution is -0.123. The number of aliphatic hydroxyl groups is 1. The molecule has 0 fully saturated rings. The quantitative estimate of drug-likeness (QED) is 0.731. The van der Waals surface area contributed by atoms with Gasteiger partial charge in [0.15, 0.2) is 0 Å². The van der Waals surface area contributed by atoms with Gasteiger partial charge in [-0.05, 0) is 24.0 Å². The Morgan fingerprint density at radius 3 is 2.94 bits per heavy atom. The van der Waals surface area contributed by atoms with Crippen LogP contribution in [0.15, 0.2) is 24.3 Å². The van der Waals surface area contributed by atoms with Gasteiger partial charge in [-0.3, -0.25) is 4.79 Å². The third-order valence-electron chi connectivity index (χ3n) is 3.38. The second-order valence-corrected chi connectivity index (χ2v) is 4.71. The predicted octanol–water partition coefficient (Wildman–Crippen LogP) is 0.588. The Kier molecular flexibility index (Phi) is 4.33. The van der Waals surface area contributed by atoms with Crippen LogP contribution in [0.1, 0.15) is 24.5 Å². The number of benzene rings is 1. The van der Waals surface area contributed by atoms with Crippen LogP contribution in [0, 0.1) is 0 Å². The Balaban J connectivity index is 1.90. The summed E-state index contributed by atoms with van der Waals surface area (Å²) in [5.74, 6) is -0.0306. The van der Waals surface area contributed by atoms with Gasteiger partial charge in [0.1, 0.15) is 0 Å². The Morgan fingerprint density at radius 2 is 2.22 bits per heavy atom. The van der Waals surface area contributed by atoms with Gasteiger partial charge >= 0.3 is 0 Å². The number of hydrogen-bond acceptors (Lipinski definition) is 3. The summed E-state index contributed by atoms with van der Waals surface area (Å²) in [5.41, 5.74) is 2.49. The van der Waals surface area contributed by atoms with Crippen molar-refractivity contribution in [3.63, 3.8) is 0 Å². The van der Waals surface area contributed by atoms with Crippen LogP contribution in [0.3, 0.4) is 0 Å². The van der Waals surface area contributed by atoms with Crippen molar-refractivity contribution in [3.8, 4) is 0 Å². The maximum Gasteiger partial charge on any atom is 0.237 e. The fraction of sp³-hybridized carbons (Fsp3) is 0.500. The summed E-state index contributed by atoms with van der Waals surface area (Å²) in [6, 6.07) is 7.97. The number of carbonyl (C=O) groups is 1. The summed E-state index contributed by atoms with van der Waals surface area (Å²) < 4.78 is 0. The number of aliphatic hydroxyl groups excluding tert-OH is 1. The lowest BCUT2D eigenvalue weighted by Crippen LogP contribution is -2.49. The third-order valence-corrected chi connectivity index (χ3v) is 3.38. The summed E-state index contributed by atoms with van der Waals surface area (Å²) in [7, 11) is 0. The molecule has 0 saturated heterocycles. The molecule has 0 aromatic heterocycles. The molecule has 98 valence electrons. The highest BCUT2D eigenvalue weighted by molar-refractivity contribution is 5.82. The van der Waals surface area contributed by atoms with Crippen LogP contribution in [0.2, 0.25) is 0 Å². The molecule has 0 radical (unpaired) electrons. The normalized spacial score (nSPS) is 20.0. The summed E-state index contributed by atoms with van der Waals surface area (Å²) in [4.78, 5) is 11.9. The SMILES string of the molecule is CCC(O)CNC(=O)[C@@H]1Cc2ccccc2CN1. The van der Waals surface area contributed by atoms with E-state index >= 15 is 0 Å². The minimum atomic E-state index is -0.454. The van der Waals surface area contributed by atoms with Crippen molar-refractivity contribution in [1.82, 2.24) is 10.6 Å². The van der Waals surface area contributed by atoms with E-state index in [1.54, 1.807) is 0 Å². The number of rotatable bonds is 4. The van der Waals surface area contributed by atoms with E-state index in [2.05, 4.69) is 22.8 Å². The van der Waals surface area contributed by atoms with Crippen molar-refractivity contribution < 1.29 is 9.90 Å². The maximum atomic E-state index is 11.9. The van der Waals surface area contributed by atoms with E-state index in [-0.39, 0.29) is 11.9 Å². The van der Waals surface area contributed by atoms with E-state index in [4.69, 9.17) is 0 Å². The fourth-order valence-corrected chi connectivity index (χ4v) is 2.13.